The van der Waals surface area contributed by atoms with Crippen LogP contribution in [0.2, 0.25) is 0 Å². The Bertz CT molecular complexity index is 890. The van der Waals surface area contributed by atoms with Crippen LogP contribution in [0.3, 0.4) is 0 Å². The quantitative estimate of drug-likeness (QED) is 0.323. The van der Waals surface area contributed by atoms with Gasteiger partial charge < -0.3 is 14.8 Å². The summed E-state index contributed by atoms with van der Waals surface area (Å²) in [6, 6.07) is 11.3. The highest BCUT2D eigenvalue weighted by Gasteiger charge is 2.12. The minimum absolute atomic E-state index is 0.142. The number of nitrogens with one attached hydrogen (secondary N) is 1. The molecule has 0 spiro atoms. The first-order valence-electron chi connectivity index (χ1n) is 8.51. The Hall–Kier alpha value is -3.68. The first-order valence-corrected chi connectivity index (χ1v) is 8.51. The highest BCUT2D eigenvalue weighted by Crippen LogP contribution is 2.21. The lowest BCUT2D eigenvalue weighted by molar-refractivity contribution is -0.384. The minimum Gasteiger partial charge on any atom is -0.494 e. The van der Waals surface area contributed by atoms with E-state index in [1.807, 2.05) is 6.92 Å². The van der Waals surface area contributed by atoms with Crippen LogP contribution in [-0.4, -0.2) is 30.0 Å². The number of aryl methyl sites for hydroxylation is 1. The molecule has 2 aromatic carbocycles. The van der Waals surface area contributed by atoms with Crippen molar-refractivity contribution < 1.29 is 24.0 Å². The van der Waals surface area contributed by atoms with Crippen molar-refractivity contribution in [2.45, 2.75) is 13.8 Å². The number of anilines is 1. The van der Waals surface area contributed by atoms with Gasteiger partial charge >= 0.3 is 5.97 Å². The molecule has 146 valence electrons. The highest BCUT2D eigenvalue weighted by atomic mass is 16.6. The molecule has 2 aromatic rings. The maximum absolute atomic E-state index is 11.9. The first-order chi connectivity index (χ1) is 13.4. The fraction of sp³-hybridized carbons (Fsp3) is 0.200. The molecule has 0 radical (unpaired) electrons. The van der Waals surface area contributed by atoms with Crippen LogP contribution in [0.4, 0.5) is 11.4 Å². The number of carbonyl (C=O) groups is 2. The molecule has 1 amide bonds. The Labute approximate surface area is 161 Å². The van der Waals surface area contributed by atoms with E-state index in [9.17, 15) is 19.7 Å². The second-order valence-corrected chi connectivity index (χ2v) is 5.75. The summed E-state index contributed by atoms with van der Waals surface area (Å²) in [6.07, 6.45) is 2.77. The Morgan fingerprint density at radius 3 is 2.54 bits per heavy atom. The molecule has 0 heterocycles. The van der Waals surface area contributed by atoms with Crippen LogP contribution in [0, 0.1) is 17.0 Å². The number of esters is 1. The molecular weight excluding hydrogens is 364 g/mol. The van der Waals surface area contributed by atoms with Crippen molar-refractivity contribution in [1.29, 1.82) is 0 Å². The van der Waals surface area contributed by atoms with Crippen molar-refractivity contribution in [1.82, 2.24) is 0 Å². The first kappa shape index (κ1) is 20.6. The van der Waals surface area contributed by atoms with Gasteiger partial charge in [0.1, 0.15) is 5.75 Å². The minimum atomic E-state index is -0.681. The van der Waals surface area contributed by atoms with E-state index in [4.69, 9.17) is 9.47 Å². The average Bonchev–Trinajstić information content (AvgIpc) is 2.67. The Kier molecular flexibility index (Phi) is 7.27. The van der Waals surface area contributed by atoms with Gasteiger partial charge in [0.2, 0.25) is 0 Å². The third-order valence-corrected chi connectivity index (χ3v) is 3.65. The van der Waals surface area contributed by atoms with Crippen molar-refractivity contribution in [3.63, 3.8) is 0 Å². The van der Waals surface area contributed by atoms with Gasteiger partial charge in [0.15, 0.2) is 6.61 Å². The summed E-state index contributed by atoms with van der Waals surface area (Å²) in [6.45, 7) is 3.65. The zero-order chi connectivity index (χ0) is 20.5. The molecule has 0 bridgehead atoms. The van der Waals surface area contributed by atoms with Gasteiger partial charge in [-0.3, -0.25) is 14.9 Å². The summed E-state index contributed by atoms with van der Waals surface area (Å²) in [4.78, 5) is 33.9. The normalized spacial score (nSPS) is 10.5. The van der Waals surface area contributed by atoms with Crippen molar-refractivity contribution in [3.8, 4) is 5.75 Å². The molecule has 0 saturated carbocycles. The number of benzene rings is 2. The van der Waals surface area contributed by atoms with E-state index in [-0.39, 0.29) is 5.69 Å². The molecular formula is C20H20N2O6. The van der Waals surface area contributed by atoms with Crippen molar-refractivity contribution in [3.05, 3.63) is 69.8 Å². The smallest absolute Gasteiger partial charge is 0.331 e. The zero-order valence-corrected chi connectivity index (χ0v) is 15.5. The largest absolute Gasteiger partial charge is 0.494 e. The van der Waals surface area contributed by atoms with Gasteiger partial charge in [-0.2, -0.15) is 0 Å². The van der Waals surface area contributed by atoms with Gasteiger partial charge in [0.25, 0.3) is 11.6 Å². The Balaban J connectivity index is 1.86. The molecule has 0 aliphatic carbocycles. The third kappa shape index (κ3) is 6.24. The predicted octanol–water partition coefficient (Wildman–Crippen LogP) is 3.50. The SMILES string of the molecule is CCOc1ccc(C=CC(=O)OCC(=O)Nc2cc([N+](=O)[O-])ccc2C)cc1. The van der Waals surface area contributed by atoms with Crippen LogP contribution >= 0.6 is 0 Å². The van der Waals surface area contributed by atoms with E-state index in [1.165, 1.54) is 24.3 Å². The van der Waals surface area contributed by atoms with E-state index in [0.29, 0.717) is 17.9 Å². The lowest BCUT2D eigenvalue weighted by Crippen LogP contribution is -2.20. The van der Waals surface area contributed by atoms with Gasteiger partial charge in [0, 0.05) is 18.2 Å². The van der Waals surface area contributed by atoms with Gasteiger partial charge in [-0.1, -0.05) is 18.2 Å². The topological polar surface area (TPSA) is 108 Å². The van der Waals surface area contributed by atoms with Gasteiger partial charge in [-0.05, 0) is 43.2 Å². The van der Waals surface area contributed by atoms with Gasteiger partial charge in [-0.25, -0.2) is 4.79 Å². The standard InChI is InChI=1S/C20H20N2O6/c1-3-27-17-9-5-15(6-10-17)7-11-20(24)28-13-19(23)21-18-12-16(22(25)26)8-4-14(18)2/h4-12H,3,13H2,1-2H3,(H,21,23). The Morgan fingerprint density at radius 2 is 1.89 bits per heavy atom. The lowest BCUT2D eigenvalue weighted by Gasteiger charge is -2.08. The van der Waals surface area contributed by atoms with Crippen LogP contribution < -0.4 is 10.1 Å². The lowest BCUT2D eigenvalue weighted by atomic mass is 10.2. The maximum atomic E-state index is 11.9. The average molecular weight is 384 g/mol. The van der Waals surface area contributed by atoms with E-state index >= 15 is 0 Å². The van der Waals surface area contributed by atoms with Crippen LogP contribution in [0.5, 0.6) is 5.75 Å². The van der Waals surface area contributed by atoms with Gasteiger partial charge in [-0.15, -0.1) is 0 Å². The molecule has 0 aromatic heterocycles. The molecule has 0 aliphatic rings. The molecule has 8 heteroatoms. The predicted molar refractivity (Wildman–Crippen MR) is 104 cm³/mol. The highest BCUT2D eigenvalue weighted by molar-refractivity contribution is 5.95. The number of nitro benzene ring substituents is 1. The molecule has 0 saturated heterocycles. The molecule has 0 unspecified atom stereocenters. The van der Waals surface area contributed by atoms with Crippen LogP contribution in [0.1, 0.15) is 18.1 Å². The number of amides is 1. The van der Waals surface area contributed by atoms with Crippen molar-refractivity contribution in [2.24, 2.45) is 0 Å². The van der Waals surface area contributed by atoms with Crippen molar-refractivity contribution in [2.75, 3.05) is 18.5 Å². The molecule has 0 atom stereocenters. The summed E-state index contributed by atoms with van der Waals surface area (Å²) < 4.78 is 10.2. The summed E-state index contributed by atoms with van der Waals surface area (Å²) in [5, 5.41) is 13.3. The van der Waals surface area contributed by atoms with E-state index < -0.39 is 23.4 Å². The van der Waals surface area contributed by atoms with Crippen LogP contribution in [-0.2, 0) is 14.3 Å². The molecule has 8 nitrogen and oxygen atoms in total. The molecule has 1 N–H and O–H groups in total. The molecule has 0 aliphatic heterocycles. The number of carbonyl (C=O) groups excluding carboxylic acids is 2. The Morgan fingerprint density at radius 1 is 1.18 bits per heavy atom. The summed E-state index contributed by atoms with van der Waals surface area (Å²) >= 11 is 0. The summed E-state index contributed by atoms with van der Waals surface area (Å²) in [5.74, 6) is -0.540. The van der Waals surface area contributed by atoms with E-state index in [1.54, 1.807) is 37.3 Å². The fourth-order valence-corrected chi connectivity index (χ4v) is 2.24. The van der Waals surface area contributed by atoms with E-state index in [2.05, 4.69) is 5.32 Å². The number of rotatable bonds is 8. The second-order valence-electron chi connectivity index (χ2n) is 5.75. The summed E-state index contributed by atoms with van der Waals surface area (Å²) in [5.41, 5.74) is 1.58. The van der Waals surface area contributed by atoms with E-state index in [0.717, 1.165) is 11.3 Å². The van der Waals surface area contributed by atoms with Crippen molar-refractivity contribution >= 4 is 29.3 Å². The van der Waals surface area contributed by atoms with Crippen LogP contribution in [0.25, 0.3) is 6.08 Å². The molecule has 28 heavy (non-hydrogen) atoms. The molecule has 2 rings (SSSR count). The third-order valence-electron chi connectivity index (χ3n) is 3.65. The van der Waals surface area contributed by atoms with Crippen LogP contribution in [0.15, 0.2) is 48.5 Å². The zero-order valence-electron chi connectivity index (χ0n) is 15.5. The fourth-order valence-electron chi connectivity index (χ4n) is 2.24. The number of nitrogens with zero attached hydrogens (tertiary/aromatic N) is 1. The number of hydrogen-bond donors (Lipinski definition) is 1. The maximum Gasteiger partial charge on any atom is 0.331 e. The monoisotopic (exact) mass is 384 g/mol. The number of hydrogen-bond acceptors (Lipinski definition) is 6. The number of ether oxygens (including phenoxy) is 2. The number of nitro groups is 1. The van der Waals surface area contributed by atoms with Gasteiger partial charge in [0.05, 0.1) is 17.2 Å². The second kappa shape index (κ2) is 9.86. The number of non-ortho nitro benzene ring substituents is 1. The molecule has 0 fully saturated rings. The summed E-state index contributed by atoms with van der Waals surface area (Å²) in [7, 11) is 0.